The minimum absolute atomic E-state index is 0.195. The number of fused-ring (bicyclic) bond motifs is 1. The monoisotopic (exact) mass is 328 g/mol. The molecule has 0 aromatic heterocycles. The van der Waals surface area contributed by atoms with Crippen LogP contribution in [0.4, 0.5) is 5.69 Å². The van der Waals surface area contributed by atoms with Crippen LogP contribution in [0.3, 0.4) is 0 Å². The van der Waals surface area contributed by atoms with Crippen LogP contribution in [0.15, 0.2) is 16.6 Å². The van der Waals surface area contributed by atoms with Crippen molar-refractivity contribution in [1.29, 1.82) is 0 Å². The number of anilines is 1. The summed E-state index contributed by atoms with van der Waals surface area (Å²) in [5.74, 6) is 1.11. The number of halogens is 1. The number of benzene rings is 1. The van der Waals surface area contributed by atoms with Gasteiger partial charge in [0.15, 0.2) is 11.5 Å². The van der Waals surface area contributed by atoms with Gasteiger partial charge in [0, 0.05) is 16.6 Å². The molecular formula is C13H17BrN2O3. The fourth-order valence-corrected chi connectivity index (χ4v) is 2.25. The maximum atomic E-state index is 11.9. The summed E-state index contributed by atoms with van der Waals surface area (Å²) >= 11 is 3.40. The number of ether oxygens (including phenoxy) is 2. The summed E-state index contributed by atoms with van der Waals surface area (Å²) in [4.78, 5) is 11.9. The van der Waals surface area contributed by atoms with Crippen LogP contribution in [0.5, 0.6) is 11.5 Å². The molecular weight excluding hydrogens is 312 g/mol. The maximum absolute atomic E-state index is 11.9. The van der Waals surface area contributed by atoms with E-state index in [2.05, 4.69) is 21.2 Å². The Labute approximate surface area is 120 Å². The average molecular weight is 329 g/mol. The first kappa shape index (κ1) is 14.1. The second-order valence-corrected chi connectivity index (χ2v) is 5.21. The molecule has 1 atom stereocenters. The van der Waals surface area contributed by atoms with Crippen molar-refractivity contribution in [3.8, 4) is 11.5 Å². The number of nitrogens with two attached hydrogens (primary N) is 1. The average Bonchev–Trinajstić information content (AvgIpc) is 2.39. The van der Waals surface area contributed by atoms with Gasteiger partial charge < -0.3 is 20.5 Å². The Balaban J connectivity index is 2.14. The number of carbonyl (C=O) groups excluding carboxylic acids is 1. The summed E-state index contributed by atoms with van der Waals surface area (Å²) in [6.45, 7) is 3.04. The Bertz CT molecular complexity index is 479. The largest absolute Gasteiger partial charge is 0.486 e. The molecule has 104 valence electrons. The smallest absolute Gasteiger partial charge is 0.241 e. The Hall–Kier alpha value is -1.27. The van der Waals surface area contributed by atoms with Gasteiger partial charge in [-0.1, -0.05) is 13.3 Å². The van der Waals surface area contributed by atoms with Crippen molar-refractivity contribution in [3.63, 3.8) is 0 Å². The molecule has 3 N–H and O–H groups in total. The first-order chi connectivity index (χ1) is 9.11. The molecule has 0 saturated heterocycles. The highest BCUT2D eigenvalue weighted by molar-refractivity contribution is 9.10. The quantitative estimate of drug-likeness (QED) is 0.889. The van der Waals surface area contributed by atoms with Crippen LogP contribution in [-0.2, 0) is 4.79 Å². The molecule has 1 aliphatic rings. The molecule has 0 fully saturated rings. The molecule has 5 nitrogen and oxygen atoms in total. The number of carbonyl (C=O) groups is 1. The van der Waals surface area contributed by atoms with Gasteiger partial charge in [-0.2, -0.15) is 0 Å². The molecule has 0 spiro atoms. The van der Waals surface area contributed by atoms with E-state index in [-0.39, 0.29) is 5.91 Å². The lowest BCUT2D eigenvalue weighted by Gasteiger charge is -2.20. The first-order valence-corrected chi connectivity index (χ1v) is 7.06. The Morgan fingerprint density at radius 1 is 1.42 bits per heavy atom. The van der Waals surface area contributed by atoms with Crippen LogP contribution < -0.4 is 20.5 Å². The Kier molecular flexibility index (Phi) is 4.66. The van der Waals surface area contributed by atoms with Crippen molar-refractivity contribution in [2.75, 3.05) is 18.5 Å². The highest BCUT2D eigenvalue weighted by Crippen LogP contribution is 2.38. The van der Waals surface area contributed by atoms with Gasteiger partial charge in [0.05, 0.1) is 11.7 Å². The first-order valence-electron chi connectivity index (χ1n) is 6.27. The molecule has 19 heavy (non-hydrogen) atoms. The van der Waals surface area contributed by atoms with E-state index < -0.39 is 6.04 Å². The lowest BCUT2D eigenvalue weighted by molar-refractivity contribution is -0.117. The SMILES string of the molecule is CCC[C@H](N)C(=O)Nc1cc2c(cc1Br)OCCO2. The second-order valence-electron chi connectivity index (χ2n) is 4.36. The van der Waals surface area contributed by atoms with E-state index >= 15 is 0 Å². The second kappa shape index (κ2) is 6.25. The van der Waals surface area contributed by atoms with Gasteiger partial charge in [-0.3, -0.25) is 4.79 Å². The zero-order valence-corrected chi connectivity index (χ0v) is 12.3. The lowest BCUT2D eigenvalue weighted by Crippen LogP contribution is -2.35. The van der Waals surface area contributed by atoms with Crippen LogP contribution in [0, 0.1) is 0 Å². The standard InChI is InChI=1S/C13H17BrN2O3/c1-2-3-9(15)13(17)16-10-7-12-11(6-8(10)14)18-4-5-19-12/h6-7,9H,2-5,15H2,1H3,(H,16,17)/t9-/m0/s1. The van der Waals surface area contributed by atoms with Gasteiger partial charge in [-0.25, -0.2) is 0 Å². The zero-order chi connectivity index (χ0) is 13.8. The third kappa shape index (κ3) is 3.39. The molecule has 0 aliphatic carbocycles. The number of amides is 1. The van der Waals surface area contributed by atoms with Crippen molar-refractivity contribution in [2.24, 2.45) is 5.73 Å². The van der Waals surface area contributed by atoms with Gasteiger partial charge in [0.25, 0.3) is 0 Å². The van der Waals surface area contributed by atoms with Gasteiger partial charge >= 0.3 is 0 Å². The van der Waals surface area contributed by atoms with E-state index in [1.54, 1.807) is 12.1 Å². The van der Waals surface area contributed by atoms with Crippen molar-refractivity contribution < 1.29 is 14.3 Å². The van der Waals surface area contributed by atoms with Gasteiger partial charge in [-0.05, 0) is 22.4 Å². The van der Waals surface area contributed by atoms with Gasteiger partial charge in [0.1, 0.15) is 13.2 Å². The maximum Gasteiger partial charge on any atom is 0.241 e. The topological polar surface area (TPSA) is 73.6 Å². The van der Waals surface area contributed by atoms with Crippen LogP contribution in [-0.4, -0.2) is 25.2 Å². The van der Waals surface area contributed by atoms with Crippen molar-refractivity contribution in [1.82, 2.24) is 0 Å². The zero-order valence-electron chi connectivity index (χ0n) is 10.7. The molecule has 1 heterocycles. The minimum atomic E-state index is -0.495. The van der Waals surface area contributed by atoms with Gasteiger partial charge in [-0.15, -0.1) is 0 Å². The molecule has 1 aliphatic heterocycles. The van der Waals surface area contributed by atoms with E-state index in [4.69, 9.17) is 15.2 Å². The number of hydrogen-bond donors (Lipinski definition) is 2. The molecule has 0 saturated carbocycles. The molecule has 0 radical (unpaired) electrons. The van der Waals surface area contributed by atoms with Crippen LogP contribution in [0.1, 0.15) is 19.8 Å². The molecule has 0 bridgehead atoms. The summed E-state index contributed by atoms with van der Waals surface area (Å²) in [6, 6.07) is 3.04. The predicted octanol–water partition coefficient (Wildman–Crippen LogP) is 2.29. The lowest BCUT2D eigenvalue weighted by atomic mass is 10.1. The summed E-state index contributed by atoms with van der Waals surface area (Å²) in [6.07, 6.45) is 1.53. The third-order valence-corrected chi connectivity index (χ3v) is 3.48. The number of hydrogen-bond acceptors (Lipinski definition) is 4. The summed E-state index contributed by atoms with van der Waals surface area (Å²) < 4.78 is 11.7. The molecule has 1 aromatic carbocycles. The molecule has 0 unspecified atom stereocenters. The van der Waals surface area contributed by atoms with Crippen molar-refractivity contribution >= 4 is 27.5 Å². The molecule has 1 amide bonds. The van der Waals surface area contributed by atoms with Gasteiger partial charge in [0.2, 0.25) is 5.91 Å². The highest BCUT2D eigenvalue weighted by Gasteiger charge is 2.18. The Morgan fingerprint density at radius 3 is 2.68 bits per heavy atom. The van der Waals surface area contributed by atoms with E-state index in [0.717, 1.165) is 10.9 Å². The van der Waals surface area contributed by atoms with Crippen LogP contribution in [0.2, 0.25) is 0 Å². The number of nitrogens with one attached hydrogen (secondary N) is 1. The van der Waals surface area contributed by atoms with E-state index in [1.165, 1.54) is 0 Å². The van der Waals surface area contributed by atoms with Crippen LogP contribution in [0.25, 0.3) is 0 Å². The summed E-state index contributed by atoms with van der Waals surface area (Å²) in [5.41, 5.74) is 6.42. The molecule has 6 heteroatoms. The van der Waals surface area contributed by atoms with Crippen molar-refractivity contribution in [2.45, 2.75) is 25.8 Å². The Morgan fingerprint density at radius 2 is 2.05 bits per heavy atom. The minimum Gasteiger partial charge on any atom is -0.486 e. The van der Waals surface area contributed by atoms with E-state index in [0.29, 0.717) is 36.8 Å². The summed E-state index contributed by atoms with van der Waals surface area (Å²) in [5, 5.41) is 2.80. The predicted molar refractivity (Wildman–Crippen MR) is 76.6 cm³/mol. The fourth-order valence-electron chi connectivity index (χ4n) is 1.83. The van der Waals surface area contributed by atoms with Crippen LogP contribution >= 0.6 is 15.9 Å². The highest BCUT2D eigenvalue weighted by atomic mass is 79.9. The van der Waals surface area contributed by atoms with Crippen molar-refractivity contribution in [3.05, 3.63) is 16.6 Å². The van der Waals surface area contributed by atoms with E-state index in [9.17, 15) is 4.79 Å². The fraction of sp³-hybridized carbons (Fsp3) is 0.462. The molecule has 2 rings (SSSR count). The number of rotatable bonds is 4. The van der Waals surface area contributed by atoms with E-state index in [1.807, 2.05) is 6.92 Å². The third-order valence-electron chi connectivity index (χ3n) is 2.83. The molecule has 1 aromatic rings. The summed E-state index contributed by atoms with van der Waals surface area (Å²) in [7, 11) is 0. The normalized spacial score (nSPS) is 14.9.